The molecule has 0 heterocycles. The van der Waals surface area contributed by atoms with E-state index < -0.39 is 6.10 Å². The second-order valence-corrected chi connectivity index (χ2v) is 5.18. The monoisotopic (exact) mass is 263 g/mol. The Bertz CT molecular complexity index is 403. The molecule has 0 saturated heterocycles. The van der Waals surface area contributed by atoms with Gasteiger partial charge in [-0.25, -0.2) is 0 Å². The number of hydrogen-bond donors (Lipinski definition) is 2. The molecule has 2 atom stereocenters. The fourth-order valence-electron chi connectivity index (χ4n) is 1.92. The SMILES string of the molecule is CCC(C)C(O)CNC(=O)CCc1ccccc1C. The summed E-state index contributed by atoms with van der Waals surface area (Å²) in [6.45, 7) is 6.43. The number of amides is 1. The summed E-state index contributed by atoms with van der Waals surface area (Å²) in [6.07, 6.45) is 1.68. The van der Waals surface area contributed by atoms with Gasteiger partial charge in [0, 0.05) is 13.0 Å². The van der Waals surface area contributed by atoms with Crippen molar-refractivity contribution in [2.75, 3.05) is 6.54 Å². The average molecular weight is 263 g/mol. The van der Waals surface area contributed by atoms with Crippen LogP contribution in [0.15, 0.2) is 24.3 Å². The van der Waals surface area contributed by atoms with Gasteiger partial charge in [0.2, 0.25) is 5.91 Å². The Labute approximate surface area is 116 Å². The minimum absolute atomic E-state index is 0.00519. The van der Waals surface area contributed by atoms with Gasteiger partial charge < -0.3 is 10.4 Å². The molecular weight excluding hydrogens is 238 g/mol. The van der Waals surface area contributed by atoms with Gasteiger partial charge in [0.1, 0.15) is 0 Å². The number of aryl methyl sites for hydroxylation is 2. The van der Waals surface area contributed by atoms with Gasteiger partial charge in [-0.3, -0.25) is 4.79 Å². The van der Waals surface area contributed by atoms with Crippen LogP contribution >= 0.6 is 0 Å². The molecule has 1 aromatic carbocycles. The smallest absolute Gasteiger partial charge is 0.220 e. The quantitative estimate of drug-likeness (QED) is 0.794. The number of carbonyl (C=O) groups is 1. The number of hydrogen-bond acceptors (Lipinski definition) is 2. The van der Waals surface area contributed by atoms with Crippen molar-refractivity contribution in [3.8, 4) is 0 Å². The van der Waals surface area contributed by atoms with Crippen molar-refractivity contribution >= 4 is 5.91 Å². The lowest BCUT2D eigenvalue weighted by Gasteiger charge is -2.17. The highest BCUT2D eigenvalue weighted by atomic mass is 16.3. The van der Waals surface area contributed by atoms with Crippen molar-refractivity contribution in [3.05, 3.63) is 35.4 Å². The molecule has 0 bridgehead atoms. The van der Waals surface area contributed by atoms with E-state index in [1.807, 2.05) is 26.0 Å². The van der Waals surface area contributed by atoms with Crippen molar-refractivity contribution in [2.24, 2.45) is 5.92 Å². The third-order valence-corrected chi connectivity index (χ3v) is 3.69. The van der Waals surface area contributed by atoms with E-state index in [0.29, 0.717) is 13.0 Å². The predicted octanol–water partition coefficient (Wildman–Crippen LogP) is 2.45. The maximum absolute atomic E-state index is 11.7. The van der Waals surface area contributed by atoms with Crippen LogP contribution in [-0.4, -0.2) is 23.7 Å². The van der Waals surface area contributed by atoms with Gasteiger partial charge in [-0.2, -0.15) is 0 Å². The standard InChI is InChI=1S/C16H25NO2/c1-4-12(2)15(18)11-17-16(19)10-9-14-8-6-5-7-13(14)3/h5-8,12,15,18H,4,9-11H2,1-3H3,(H,17,19). The number of nitrogens with one attached hydrogen (secondary N) is 1. The molecule has 3 nitrogen and oxygen atoms in total. The maximum Gasteiger partial charge on any atom is 0.220 e. The second kappa shape index (κ2) is 7.95. The summed E-state index contributed by atoms with van der Waals surface area (Å²) in [6, 6.07) is 8.10. The van der Waals surface area contributed by atoms with Crippen LogP contribution in [0.1, 0.15) is 37.8 Å². The molecule has 1 rings (SSSR count). The van der Waals surface area contributed by atoms with Crippen LogP contribution in [-0.2, 0) is 11.2 Å². The van der Waals surface area contributed by atoms with E-state index in [9.17, 15) is 9.90 Å². The summed E-state index contributed by atoms with van der Waals surface area (Å²) < 4.78 is 0. The minimum Gasteiger partial charge on any atom is -0.391 e. The molecule has 0 aliphatic rings. The molecular formula is C16H25NO2. The summed E-state index contributed by atoms with van der Waals surface area (Å²) >= 11 is 0. The van der Waals surface area contributed by atoms with E-state index in [-0.39, 0.29) is 11.8 Å². The highest BCUT2D eigenvalue weighted by Gasteiger charge is 2.13. The number of benzene rings is 1. The fraction of sp³-hybridized carbons (Fsp3) is 0.562. The van der Waals surface area contributed by atoms with Crippen LogP contribution in [0.2, 0.25) is 0 Å². The Morgan fingerprint density at radius 2 is 2.05 bits per heavy atom. The second-order valence-electron chi connectivity index (χ2n) is 5.18. The molecule has 0 radical (unpaired) electrons. The van der Waals surface area contributed by atoms with Crippen LogP contribution in [0.5, 0.6) is 0 Å². The summed E-state index contributed by atoms with van der Waals surface area (Å²) in [5.74, 6) is 0.224. The minimum atomic E-state index is -0.451. The molecule has 0 aromatic heterocycles. The number of aliphatic hydroxyl groups excluding tert-OH is 1. The Morgan fingerprint density at radius 3 is 2.68 bits per heavy atom. The molecule has 0 aliphatic heterocycles. The maximum atomic E-state index is 11.7. The van der Waals surface area contributed by atoms with Crippen molar-refractivity contribution in [1.82, 2.24) is 5.32 Å². The van der Waals surface area contributed by atoms with Gasteiger partial charge in [-0.1, -0.05) is 44.5 Å². The molecule has 1 aromatic rings. The van der Waals surface area contributed by atoms with E-state index in [2.05, 4.69) is 24.4 Å². The lowest BCUT2D eigenvalue weighted by molar-refractivity contribution is -0.121. The average Bonchev–Trinajstić information content (AvgIpc) is 2.42. The first-order valence-corrected chi connectivity index (χ1v) is 7.03. The lowest BCUT2D eigenvalue weighted by Crippen LogP contribution is -2.35. The molecule has 2 N–H and O–H groups in total. The van der Waals surface area contributed by atoms with Crippen LogP contribution in [0.25, 0.3) is 0 Å². The highest BCUT2D eigenvalue weighted by Crippen LogP contribution is 2.09. The summed E-state index contributed by atoms with van der Waals surface area (Å²) in [4.78, 5) is 11.7. The van der Waals surface area contributed by atoms with Crippen LogP contribution in [0.3, 0.4) is 0 Å². The number of aliphatic hydroxyl groups is 1. The predicted molar refractivity (Wildman–Crippen MR) is 78.0 cm³/mol. The van der Waals surface area contributed by atoms with Gasteiger partial charge in [0.05, 0.1) is 6.10 Å². The molecule has 3 heteroatoms. The van der Waals surface area contributed by atoms with E-state index in [1.165, 1.54) is 11.1 Å². The first kappa shape index (κ1) is 15.7. The van der Waals surface area contributed by atoms with Crippen LogP contribution < -0.4 is 5.32 Å². The highest BCUT2D eigenvalue weighted by molar-refractivity contribution is 5.76. The van der Waals surface area contributed by atoms with E-state index in [0.717, 1.165) is 12.8 Å². The molecule has 1 amide bonds. The zero-order chi connectivity index (χ0) is 14.3. The summed E-state index contributed by atoms with van der Waals surface area (Å²) in [5, 5.41) is 12.6. The van der Waals surface area contributed by atoms with Crippen molar-refractivity contribution < 1.29 is 9.90 Å². The third kappa shape index (κ3) is 5.43. The van der Waals surface area contributed by atoms with E-state index >= 15 is 0 Å². The van der Waals surface area contributed by atoms with Crippen LogP contribution in [0, 0.1) is 12.8 Å². The van der Waals surface area contributed by atoms with Crippen molar-refractivity contribution in [2.45, 2.75) is 46.1 Å². The molecule has 19 heavy (non-hydrogen) atoms. The third-order valence-electron chi connectivity index (χ3n) is 3.69. The Morgan fingerprint density at radius 1 is 1.37 bits per heavy atom. The van der Waals surface area contributed by atoms with Crippen LogP contribution in [0.4, 0.5) is 0 Å². The lowest BCUT2D eigenvalue weighted by atomic mass is 10.0. The molecule has 0 aliphatic carbocycles. The zero-order valence-corrected chi connectivity index (χ0v) is 12.1. The number of rotatable bonds is 7. The van der Waals surface area contributed by atoms with Gasteiger partial charge in [0.25, 0.3) is 0 Å². The number of carbonyl (C=O) groups excluding carboxylic acids is 1. The fourth-order valence-corrected chi connectivity index (χ4v) is 1.92. The molecule has 106 valence electrons. The zero-order valence-electron chi connectivity index (χ0n) is 12.1. The van der Waals surface area contributed by atoms with E-state index in [4.69, 9.17) is 0 Å². The summed E-state index contributed by atoms with van der Waals surface area (Å²) in [5.41, 5.74) is 2.43. The van der Waals surface area contributed by atoms with Gasteiger partial charge in [0.15, 0.2) is 0 Å². The normalized spacial score (nSPS) is 13.9. The summed E-state index contributed by atoms with van der Waals surface area (Å²) in [7, 11) is 0. The van der Waals surface area contributed by atoms with Gasteiger partial charge in [-0.15, -0.1) is 0 Å². The van der Waals surface area contributed by atoms with E-state index in [1.54, 1.807) is 0 Å². The topological polar surface area (TPSA) is 49.3 Å². The molecule has 2 unspecified atom stereocenters. The molecule has 0 saturated carbocycles. The largest absolute Gasteiger partial charge is 0.391 e. The van der Waals surface area contributed by atoms with Crippen molar-refractivity contribution in [1.29, 1.82) is 0 Å². The molecule has 0 spiro atoms. The Balaban J connectivity index is 2.31. The Kier molecular flexibility index (Phi) is 6.57. The van der Waals surface area contributed by atoms with Gasteiger partial charge >= 0.3 is 0 Å². The first-order chi connectivity index (χ1) is 9.04. The Hall–Kier alpha value is -1.35. The molecule has 0 fully saturated rings. The van der Waals surface area contributed by atoms with Crippen molar-refractivity contribution in [3.63, 3.8) is 0 Å². The van der Waals surface area contributed by atoms with Gasteiger partial charge in [-0.05, 0) is 30.4 Å². The first-order valence-electron chi connectivity index (χ1n) is 7.03.